The number of rotatable bonds is 10. The Morgan fingerprint density at radius 1 is 1.14 bits per heavy atom. The smallest absolute Gasteiger partial charge is 0.255 e. The fraction of sp³-hybridized carbons (Fsp3) is 0.480. The van der Waals surface area contributed by atoms with Crippen LogP contribution in [-0.2, 0) is 11.2 Å². The Balaban J connectivity index is 0.00000432. The van der Waals surface area contributed by atoms with E-state index in [9.17, 15) is 9.90 Å². The number of aliphatic hydroxyl groups excluding tert-OH is 1. The molecule has 0 bridgehead atoms. The molecule has 0 radical (unpaired) electrons. The lowest BCUT2D eigenvalue weighted by Gasteiger charge is -2.28. The van der Waals surface area contributed by atoms with Crippen LogP contribution in [0.1, 0.15) is 29.8 Å². The zero-order valence-electron chi connectivity index (χ0n) is 20.2. The number of nitrogens with zero attached hydrogens (tertiary/aromatic N) is 1. The largest absolute Gasteiger partial charge is 0.497 e. The van der Waals surface area contributed by atoms with Crippen molar-refractivity contribution in [3.63, 3.8) is 0 Å². The van der Waals surface area contributed by atoms with Gasteiger partial charge in [-0.05, 0) is 50.1 Å². The molecular weight excluding hydrogens is 515 g/mol. The molecular formula is C25H33Cl3N2O5. The third kappa shape index (κ3) is 8.41. The Bertz CT molecular complexity index is 966. The zero-order valence-corrected chi connectivity index (χ0v) is 22.5. The van der Waals surface area contributed by atoms with Crippen molar-refractivity contribution in [3.05, 3.63) is 57.6 Å². The van der Waals surface area contributed by atoms with Gasteiger partial charge in [0.1, 0.15) is 29.2 Å². The summed E-state index contributed by atoms with van der Waals surface area (Å²) in [5.74, 6) is 0.950. The lowest BCUT2D eigenvalue weighted by Crippen LogP contribution is -2.46. The van der Waals surface area contributed by atoms with Gasteiger partial charge in [0, 0.05) is 25.2 Å². The van der Waals surface area contributed by atoms with E-state index < -0.39 is 6.10 Å². The van der Waals surface area contributed by atoms with Crippen LogP contribution >= 0.6 is 35.6 Å². The molecule has 2 aromatic carbocycles. The van der Waals surface area contributed by atoms with Crippen molar-refractivity contribution in [2.24, 2.45) is 0 Å². The minimum atomic E-state index is -0.764. The van der Waals surface area contributed by atoms with Crippen LogP contribution in [0.2, 0.25) is 10.0 Å². The van der Waals surface area contributed by atoms with Gasteiger partial charge in [-0.1, -0.05) is 35.3 Å². The van der Waals surface area contributed by atoms with Crippen LogP contribution in [0.3, 0.4) is 0 Å². The number of benzene rings is 2. The van der Waals surface area contributed by atoms with Gasteiger partial charge in [-0.2, -0.15) is 0 Å². The second-order valence-corrected chi connectivity index (χ2v) is 9.65. The van der Waals surface area contributed by atoms with Gasteiger partial charge in [0.25, 0.3) is 5.91 Å². The first-order valence-corrected chi connectivity index (χ1v) is 12.0. The molecule has 1 atom stereocenters. The Labute approximate surface area is 223 Å². The van der Waals surface area contributed by atoms with Crippen LogP contribution in [0.5, 0.6) is 11.5 Å². The van der Waals surface area contributed by atoms with Crippen molar-refractivity contribution >= 4 is 41.5 Å². The molecule has 1 aliphatic heterocycles. The summed E-state index contributed by atoms with van der Waals surface area (Å²) < 4.78 is 16.2. The van der Waals surface area contributed by atoms with Gasteiger partial charge in [0.2, 0.25) is 0 Å². The number of carbonyl (C=O) groups is 1. The summed E-state index contributed by atoms with van der Waals surface area (Å²) in [6.45, 7) is 6.54. The maximum absolute atomic E-state index is 12.7. The van der Waals surface area contributed by atoms with E-state index >= 15 is 0 Å². The first-order chi connectivity index (χ1) is 16.2. The first-order valence-electron chi connectivity index (χ1n) is 11.2. The average Bonchev–Trinajstić information content (AvgIpc) is 2.84. The van der Waals surface area contributed by atoms with E-state index in [1.807, 2.05) is 24.3 Å². The van der Waals surface area contributed by atoms with Crippen molar-refractivity contribution in [1.82, 2.24) is 10.2 Å². The Kier molecular flexibility index (Phi) is 11.4. The van der Waals surface area contributed by atoms with Gasteiger partial charge in [-0.15, -0.1) is 12.4 Å². The highest BCUT2D eigenvalue weighted by Gasteiger charge is 2.24. The molecule has 2 N–H and O–H groups in total. The minimum Gasteiger partial charge on any atom is -0.497 e. The SMILES string of the molecule is COc1ccc(CC(C)(C)NC[C@@H](O)COc2ccc(C(=O)N3CCOCC3)c(Cl)c2Cl)cc1.Cl. The lowest BCUT2D eigenvalue weighted by molar-refractivity contribution is 0.0303. The molecule has 194 valence electrons. The summed E-state index contributed by atoms with van der Waals surface area (Å²) in [6, 6.07) is 11.1. The van der Waals surface area contributed by atoms with Crippen LogP contribution in [0.4, 0.5) is 0 Å². The number of amides is 1. The zero-order chi connectivity index (χ0) is 24.7. The molecule has 1 aliphatic rings. The highest BCUT2D eigenvalue weighted by molar-refractivity contribution is 6.44. The number of β-amino-alcohol motifs (C(OH)–C–C–N with tert-alkyl or cyclic N) is 1. The average molecular weight is 548 g/mol. The molecule has 10 heteroatoms. The predicted molar refractivity (Wildman–Crippen MR) is 141 cm³/mol. The number of aliphatic hydroxyl groups is 1. The molecule has 35 heavy (non-hydrogen) atoms. The van der Waals surface area contributed by atoms with E-state index in [1.54, 1.807) is 24.1 Å². The monoisotopic (exact) mass is 546 g/mol. The third-order valence-electron chi connectivity index (χ3n) is 5.63. The lowest BCUT2D eigenvalue weighted by atomic mass is 9.94. The van der Waals surface area contributed by atoms with E-state index in [4.69, 9.17) is 37.4 Å². The predicted octanol–water partition coefficient (Wildman–Crippen LogP) is 4.25. The minimum absolute atomic E-state index is 0. The van der Waals surface area contributed by atoms with E-state index in [1.165, 1.54) is 0 Å². The van der Waals surface area contributed by atoms with Gasteiger partial charge >= 0.3 is 0 Å². The quantitative estimate of drug-likeness (QED) is 0.463. The van der Waals surface area contributed by atoms with Gasteiger partial charge < -0.3 is 29.5 Å². The fourth-order valence-electron chi connectivity index (χ4n) is 3.70. The highest BCUT2D eigenvalue weighted by atomic mass is 35.5. The number of nitrogens with one attached hydrogen (secondary N) is 1. The molecule has 1 fully saturated rings. The maximum Gasteiger partial charge on any atom is 0.255 e. The van der Waals surface area contributed by atoms with Crippen LogP contribution < -0.4 is 14.8 Å². The molecule has 1 saturated heterocycles. The molecule has 0 unspecified atom stereocenters. The van der Waals surface area contributed by atoms with Crippen LogP contribution in [0, 0.1) is 0 Å². The molecule has 1 heterocycles. The normalized spacial score (nSPS) is 14.7. The van der Waals surface area contributed by atoms with Gasteiger partial charge in [0.15, 0.2) is 0 Å². The second kappa shape index (κ2) is 13.5. The summed E-state index contributed by atoms with van der Waals surface area (Å²) >= 11 is 12.7. The number of halogens is 3. The first kappa shape index (κ1) is 29.5. The summed E-state index contributed by atoms with van der Waals surface area (Å²) in [6.07, 6.45) is 0.0182. The second-order valence-electron chi connectivity index (χ2n) is 8.90. The molecule has 3 rings (SSSR count). The van der Waals surface area contributed by atoms with Crippen molar-refractivity contribution < 1.29 is 24.1 Å². The van der Waals surface area contributed by atoms with Gasteiger partial charge in [-0.3, -0.25) is 4.79 Å². The molecule has 0 aliphatic carbocycles. The van der Waals surface area contributed by atoms with E-state index in [2.05, 4.69) is 19.2 Å². The van der Waals surface area contributed by atoms with Gasteiger partial charge in [0.05, 0.1) is 30.9 Å². The molecule has 2 aromatic rings. The fourth-order valence-corrected chi connectivity index (χ4v) is 4.16. The van der Waals surface area contributed by atoms with Crippen LogP contribution in [-0.4, -0.2) is 74.1 Å². The number of methoxy groups -OCH3 is 1. The number of morpholine rings is 1. The van der Waals surface area contributed by atoms with Crippen molar-refractivity contribution in [2.75, 3.05) is 46.6 Å². The van der Waals surface area contributed by atoms with Crippen LogP contribution in [0.15, 0.2) is 36.4 Å². The Morgan fingerprint density at radius 3 is 2.43 bits per heavy atom. The van der Waals surface area contributed by atoms with E-state index in [-0.39, 0.29) is 40.5 Å². The number of hydrogen-bond donors (Lipinski definition) is 2. The van der Waals surface area contributed by atoms with Crippen LogP contribution in [0.25, 0.3) is 0 Å². The number of carbonyl (C=O) groups excluding carboxylic acids is 1. The topological polar surface area (TPSA) is 80.3 Å². The van der Waals surface area contributed by atoms with E-state index in [0.29, 0.717) is 44.2 Å². The highest BCUT2D eigenvalue weighted by Crippen LogP contribution is 2.35. The molecule has 0 aromatic heterocycles. The summed E-state index contributed by atoms with van der Waals surface area (Å²) in [5, 5.41) is 14.1. The van der Waals surface area contributed by atoms with Gasteiger partial charge in [-0.25, -0.2) is 0 Å². The molecule has 7 nitrogen and oxygen atoms in total. The summed E-state index contributed by atoms with van der Waals surface area (Å²) in [5.41, 5.74) is 1.25. The molecule has 0 spiro atoms. The number of ether oxygens (including phenoxy) is 3. The van der Waals surface area contributed by atoms with Crippen molar-refractivity contribution in [3.8, 4) is 11.5 Å². The van der Waals surface area contributed by atoms with E-state index in [0.717, 1.165) is 17.7 Å². The molecule has 0 saturated carbocycles. The Hall–Kier alpha value is -1.74. The number of hydrogen-bond acceptors (Lipinski definition) is 6. The van der Waals surface area contributed by atoms with Crippen molar-refractivity contribution in [2.45, 2.75) is 31.9 Å². The summed E-state index contributed by atoms with van der Waals surface area (Å²) in [7, 11) is 1.64. The Morgan fingerprint density at radius 2 is 1.80 bits per heavy atom. The third-order valence-corrected chi connectivity index (χ3v) is 6.49. The standard InChI is InChI=1S/C25H32Cl2N2O5.ClH/c1-25(2,14-17-4-6-19(32-3)7-5-17)28-15-18(30)16-34-21-9-8-20(22(26)23(21)27)24(31)29-10-12-33-13-11-29;/h4-9,18,28,30H,10-16H2,1-3H3;1H/t18-;/m1./s1. The van der Waals surface area contributed by atoms with Crippen molar-refractivity contribution in [1.29, 1.82) is 0 Å². The summed E-state index contributed by atoms with van der Waals surface area (Å²) in [4.78, 5) is 14.4. The maximum atomic E-state index is 12.7. The molecule has 1 amide bonds.